The van der Waals surface area contributed by atoms with Crippen LogP contribution in [0.5, 0.6) is 11.5 Å². The van der Waals surface area contributed by atoms with Crippen molar-refractivity contribution in [3.8, 4) is 11.5 Å². The Kier molecular flexibility index (Phi) is 4.03. The summed E-state index contributed by atoms with van der Waals surface area (Å²) in [6, 6.07) is 8.08. The van der Waals surface area contributed by atoms with E-state index >= 15 is 0 Å². The molecule has 0 bridgehead atoms. The summed E-state index contributed by atoms with van der Waals surface area (Å²) in [5, 5.41) is 18.5. The third-order valence-corrected chi connectivity index (χ3v) is 3.28. The molecule has 0 atom stereocenters. The fourth-order valence-corrected chi connectivity index (χ4v) is 2.25. The quantitative estimate of drug-likeness (QED) is 0.748. The van der Waals surface area contributed by atoms with E-state index in [-0.39, 0.29) is 16.7 Å². The Morgan fingerprint density at radius 2 is 1.73 bits per heavy atom. The molecule has 0 radical (unpaired) electrons. The summed E-state index contributed by atoms with van der Waals surface area (Å²) in [6.07, 6.45) is 0. The summed E-state index contributed by atoms with van der Waals surface area (Å²) in [6.45, 7) is 3.16. The second kappa shape index (κ2) is 5.77. The van der Waals surface area contributed by atoms with Crippen molar-refractivity contribution >= 4 is 17.6 Å². The Morgan fingerprint density at radius 3 is 2.27 bits per heavy atom. The minimum Gasteiger partial charge on any atom is -0.478 e. The van der Waals surface area contributed by atoms with E-state index in [4.69, 9.17) is 15.6 Å². The van der Waals surface area contributed by atoms with Crippen LogP contribution in [0.3, 0.4) is 0 Å². The average molecular weight is 301 g/mol. The molecule has 0 amide bonds. The molecule has 0 saturated carbocycles. The van der Waals surface area contributed by atoms with Gasteiger partial charge in [0.05, 0.1) is 16.8 Å². The largest absolute Gasteiger partial charge is 0.478 e. The lowest BCUT2D eigenvalue weighted by Crippen LogP contribution is -2.12. The SMILES string of the molecule is Cc1cc(C(=O)O)c(C(=O)O)c(C)c1Oc1ccccc1N. The zero-order valence-corrected chi connectivity index (χ0v) is 12.1. The zero-order chi connectivity index (χ0) is 16.4. The van der Waals surface area contributed by atoms with Crippen LogP contribution in [-0.4, -0.2) is 22.2 Å². The van der Waals surface area contributed by atoms with Gasteiger partial charge in [0.15, 0.2) is 0 Å². The number of rotatable bonds is 4. The second-order valence-electron chi connectivity index (χ2n) is 4.82. The van der Waals surface area contributed by atoms with E-state index in [0.29, 0.717) is 22.7 Å². The number of ether oxygens (including phenoxy) is 1. The van der Waals surface area contributed by atoms with Crippen LogP contribution >= 0.6 is 0 Å². The highest BCUT2D eigenvalue weighted by Crippen LogP contribution is 2.35. The molecule has 2 rings (SSSR count). The smallest absolute Gasteiger partial charge is 0.336 e. The first-order valence-electron chi connectivity index (χ1n) is 6.46. The van der Waals surface area contributed by atoms with Crippen LogP contribution in [0.4, 0.5) is 5.69 Å². The molecular formula is C16H15NO5. The molecule has 0 aliphatic heterocycles. The van der Waals surface area contributed by atoms with Crippen LogP contribution in [0.25, 0.3) is 0 Å². The second-order valence-corrected chi connectivity index (χ2v) is 4.82. The maximum atomic E-state index is 11.4. The van der Waals surface area contributed by atoms with E-state index in [9.17, 15) is 14.7 Å². The van der Waals surface area contributed by atoms with Crippen molar-refractivity contribution in [2.75, 3.05) is 5.73 Å². The van der Waals surface area contributed by atoms with Crippen LogP contribution < -0.4 is 10.5 Å². The molecule has 6 heteroatoms. The Balaban J connectivity index is 2.63. The van der Waals surface area contributed by atoms with E-state index in [2.05, 4.69) is 0 Å². The van der Waals surface area contributed by atoms with Crippen LogP contribution in [0.15, 0.2) is 30.3 Å². The number of aromatic carboxylic acids is 2. The minimum absolute atomic E-state index is 0.244. The Morgan fingerprint density at radius 1 is 1.09 bits per heavy atom. The standard InChI is InChI=1S/C16H15NO5/c1-8-7-10(15(18)19)13(16(20)21)9(2)14(8)22-12-6-4-3-5-11(12)17/h3-7H,17H2,1-2H3,(H,18,19)(H,20,21). The average Bonchev–Trinajstić information content (AvgIpc) is 2.43. The fraction of sp³-hybridized carbons (Fsp3) is 0.125. The van der Waals surface area contributed by atoms with Crippen LogP contribution in [0.1, 0.15) is 31.8 Å². The van der Waals surface area contributed by atoms with E-state index < -0.39 is 11.9 Å². The molecule has 22 heavy (non-hydrogen) atoms. The van der Waals surface area contributed by atoms with E-state index in [1.54, 1.807) is 31.2 Å². The lowest BCUT2D eigenvalue weighted by Gasteiger charge is -2.16. The predicted octanol–water partition coefficient (Wildman–Crippen LogP) is 3.07. The maximum Gasteiger partial charge on any atom is 0.336 e. The summed E-state index contributed by atoms with van der Waals surface area (Å²) in [5.74, 6) is -1.94. The highest BCUT2D eigenvalue weighted by Gasteiger charge is 2.23. The van der Waals surface area contributed by atoms with E-state index in [1.807, 2.05) is 0 Å². The summed E-state index contributed by atoms with van der Waals surface area (Å²) in [5.41, 5.74) is 6.42. The summed E-state index contributed by atoms with van der Waals surface area (Å²) in [7, 11) is 0. The Labute approximate surface area is 126 Å². The third-order valence-electron chi connectivity index (χ3n) is 3.28. The molecule has 0 fully saturated rings. The number of carboxylic acids is 2. The highest BCUT2D eigenvalue weighted by molar-refractivity contribution is 6.03. The molecule has 0 unspecified atom stereocenters. The lowest BCUT2D eigenvalue weighted by atomic mass is 9.97. The fourth-order valence-electron chi connectivity index (χ4n) is 2.25. The van der Waals surface area contributed by atoms with Gasteiger partial charge in [-0.3, -0.25) is 0 Å². The van der Waals surface area contributed by atoms with Gasteiger partial charge in [-0.15, -0.1) is 0 Å². The predicted molar refractivity (Wildman–Crippen MR) is 80.8 cm³/mol. The highest BCUT2D eigenvalue weighted by atomic mass is 16.5. The maximum absolute atomic E-state index is 11.4. The van der Waals surface area contributed by atoms with Crippen molar-refractivity contribution < 1.29 is 24.5 Å². The Bertz CT molecular complexity index is 767. The molecule has 0 saturated heterocycles. The Hall–Kier alpha value is -3.02. The zero-order valence-electron chi connectivity index (χ0n) is 12.1. The number of benzene rings is 2. The van der Waals surface area contributed by atoms with Gasteiger partial charge in [-0.05, 0) is 37.6 Å². The van der Waals surface area contributed by atoms with Crippen molar-refractivity contribution in [3.05, 3.63) is 52.6 Å². The molecule has 6 nitrogen and oxygen atoms in total. The molecule has 114 valence electrons. The van der Waals surface area contributed by atoms with Crippen molar-refractivity contribution in [1.82, 2.24) is 0 Å². The van der Waals surface area contributed by atoms with E-state index in [1.165, 1.54) is 13.0 Å². The van der Waals surface area contributed by atoms with Gasteiger partial charge in [-0.2, -0.15) is 0 Å². The van der Waals surface area contributed by atoms with Crippen LogP contribution in [-0.2, 0) is 0 Å². The van der Waals surface area contributed by atoms with Crippen molar-refractivity contribution in [1.29, 1.82) is 0 Å². The number of anilines is 1. The topological polar surface area (TPSA) is 110 Å². The third kappa shape index (κ3) is 2.71. The first-order valence-corrected chi connectivity index (χ1v) is 6.46. The van der Waals surface area contributed by atoms with Gasteiger partial charge in [0, 0.05) is 5.56 Å². The number of carbonyl (C=O) groups is 2. The van der Waals surface area contributed by atoms with Crippen molar-refractivity contribution in [3.63, 3.8) is 0 Å². The number of nitrogen functional groups attached to an aromatic ring is 1. The number of carboxylic acid groups (broad SMARTS) is 2. The molecule has 4 N–H and O–H groups in total. The minimum atomic E-state index is -1.32. The molecular weight excluding hydrogens is 286 g/mol. The number of nitrogens with two attached hydrogens (primary N) is 1. The molecule has 2 aromatic rings. The first-order chi connectivity index (χ1) is 10.3. The van der Waals surface area contributed by atoms with Crippen LogP contribution in [0.2, 0.25) is 0 Å². The van der Waals surface area contributed by atoms with Gasteiger partial charge in [0.2, 0.25) is 0 Å². The molecule has 0 aromatic heterocycles. The summed E-state index contributed by atoms with van der Waals surface area (Å²) >= 11 is 0. The number of para-hydroxylation sites is 2. The molecule has 0 heterocycles. The molecule has 2 aromatic carbocycles. The van der Waals surface area contributed by atoms with Gasteiger partial charge < -0.3 is 20.7 Å². The molecule has 0 spiro atoms. The van der Waals surface area contributed by atoms with Gasteiger partial charge >= 0.3 is 11.9 Å². The molecule has 0 aliphatic rings. The van der Waals surface area contributed by atoms with Gasteiger partial charge in [-0.1, -0.05) is 12.1 Å². The van der Waals surface area contributed by atoms with Crippen molar-refractivity contribution in [2.24, 2.45) is 0 Å². The van der Waals surface area contributed by atoms with E-state index in [0.717, 1.165) is 0 Å². The lowest BCUT2D eigenvalue weighted by molar-refractivity contribution is 0.0650. The normalized spacial score (nSPS) is 10.3. The number of aryl methyl sites for hydroxylation is 1. The van der Waals surface area contributed by atoms with Crippen LogP contribution in [0, 0.1) is 13.8 Å². The number of hydrogen-bond donors (Lipinski definition) is 3. The summed E-state index contributed by atoms with van der Waals surface area (Å²) in [4.78, 5) is 22.6. The number of hydrogen-bond acceptors (Lipinski definition) is 4. The molecule has 0 aliphatic carbocycles. The van der Waals surface area contributed by atoms with Gasteiger partial charge in [0.1, 0.15) is 11.5 Å². The monoisotopic (exact) mass is 301 g/mol. The van der Waals surface area contributed by atoms with Gasteiger partial charge in [-0.25, -0.2) is 9.59 Å². The van der Waals surface area contributed by atoms with Gasteiger partial charge in [0.25, 0.3) is 0 Å². The first kappa shape index (κ1) is 15.4. The van der Waals surface area contributed by atoms with Crippen molar-refractivity contribution in [2.45, 2.75) is 13.8 Å². The summed E-state index contributed by atoms with van der Waals surface area (Å²) < 4.78 is 5.72.